The molecule has 2 aromatic carbocycles. The van der Waals surface area contributed by atoms with E-state index in [0.29, 0.717) is 30.2 Å². The van der Waals surface area contributed by atoms with E-state index in [1.54, 1.807) is 18.2 Å². The van der Waals surface area contributed by atoms with Crippen LogP contribution in [0.25, 0.3) is 0 Å². The standard InChI is InChI=1S/C23H24N4O3/c1-16-20(17(2)27(26-16)14-18-7-5-4-6-8-18)13-25-23(28)15-30-21-10-9-19(12-24)11-22(21)29-3/h4-11H,13-15H2,1-3H3,(H,25,28). The molecule has 1 N–H and O–H groups in total. The molecule has 0 aliphatic rings. The van der Waals surface area contributed by atoms with Gasteiger partial charge in [-0.15, -0.1) is 0 Å². The van der Waals surface area contributed by atoms with Crippen molar-refractivity contribution in [3.05, 3.63) is 76.6 Å². The predicted octanol–water partition coefficient (Wildman–Crippen LogP) is 3.12. The summed E-state index contributed by atoms with van der Waals surface area (Å²) in [4.78, 5) is 12.3. The number of ether oxygens (including phenoxy) is 2. The summed E-state index contributed by atoms with van der Waals surface area (Å²) in [5, 5.41) is 16.4. The molecule has 0 atom stereocenters. The fraction of sp³-hybridized carbons (Fsp3) is 0.261. The minimum absolute atomic E-state index is 0.154. The Bertz CT molecular complexity index is 1070. The molecule has 1 heterocycles. The van der Waals surface area contributed by atoms with E-state index < -0.39 is 0 Å². The first-order valence-corrected chi connectivity index (χ1v) is 9.56. The highest BCUT2D eigenvalue weighted by atomic mass is 16.5. The second-order valence-corrected chi connectivity index (χ2v) is 6.84. The van der Waals surface area contributed by atoms with Gasteiger partial charge in [-0.05, 0) is 31.5 Å². The molecular formula is C23H24N4O3. The molecule has 0 fully saturated rings. The monoisotopic (exact) mass is 404 g/mol. The van der Waals surface area contributed by atoms with Crippen molar-refractivity contribution < 1.29 is 14.3 Å². The van der Waals surface area contributed by atoms with Crippen LogP contribution in [-0.2, 0) is 17.9 Å². The van der Waals surface area contributed by atoms with Crippen LogP contribution < -0.4 is 14.8 Å². The minimum Gasteiger partial charge on any atom is -0.493 e. The lowest BCUT2D eigenvalue weighted by Crippen LogP contribution is -2.28. The fourth-order valence-corrected chi connectivity index (χ4v) is 3.14. The van der Waals surface area contributed by atoms with Gasteiger partial charge in [0.15, 0.2) is 18.1 Å². The van der Waals surface area contributed by atoms with E-state index in [1.807, 2.05) is 42.8 Å². The van der Waals surface area contributed by atoms with Gasteiger partial charge in [-0.1, -0.05) is 30.3 Å². The van der Waals surface area contributed by atoms with Crippen LogP contribution in [0.3, 0.4) is 0 Å². The summed E-state index contributed by atoms with van der Waals surface area (Å²) in [5.41, 5.74) is 4.53. The predicted molar refractivity (Wildman–Crippen MR) is 112 cm³/mol. The molecule has 30 heavy (non-hydrogen) atoms. The summed E-state index contributed by atoms with van der Waals surface area (Å²) in [6.45, 7) is 4.84. The van der Waals surface area contributed by atoms with Crippen LogP contribution in [0.1, 0.15) is 28.1 Å². The first-order valence-electron chi connectivity index (χ1n) is 9.56. The molecule has 154 valence electrons. The van der Waals surface area contributed by atoms with E-state index >= 15 is 0 Å². The third-order valence-corrected chi connectivity index (χ3v) is 4.82. The quantitative estimate of drug-likeness (QED) is 0.623. The molecule has 1 amide bonds. The zero-order valence-corrected chi connectivity index (χ0v) is 17.3. The Morgan fingerprint density at radius 1 is 1.17 bits per heavy atom. The zero-order chi connectivity index (χ0) is 21.5. The third kappa shape index (κ3) is 4.97. The summed E-state index contributed by atoms with van der Waals surface area (Å²) in [5.74, 6) is 0.571. The highest BCUT2D eigenvalue weighted by molar-refractivity contribution is 5.77. The Hall–Kier alpha value is -3.79. The number of methoxy groups -OCH3 is 1. The van der Waals surface area contributed by atoms with Crippen LogP contribution in [0, 0.1) is 25.2 Å². The molecule has 0 saturated heterocycles. The Morgan fingerprint density at radius 3 is 2.63 bits per heavy atom. The maximum atomic E-state index is 12.3. The summed E-state index contributed by atoms with van der Waals surface area (Å²) in [7, 11) is 1.49. The first kappa shape index (κ1) is 20.9. The molecule has 0 aliphatic carbocycles. The van der Waals surface area contributed by atoms with Gasteiger partial charge in [0.05, 0.1) is 31.0 Å². The van der Waals surface area contributed by atoms with Crippen LogP contribution in [0.15, 0.2) is 48.5 Å². The highest BCUT2D eigenvalue weighted by Crippen LogP contribution is 2.27. The van der Waals surface area contributed by atoms with Crippen LogP contribution >= 0.6 is 0 Å². The smallest absolute Gasteiger partial charge is 0.258 e. The molecule has 3 aromatic rings. The second-order valence-electron chi connectivity index (χ2n) is 6.84. The Morgan fingerprint density at radius 2 is 1.93 bits per heavy atom. The minimum atomic E-state index is -0.254. The van der Waals surface area contributed by atoms with Gasteiger partial charge >= 0.3 is 0 Å². The molecule has 0 saturated carbocycles. The van der Waals surface area contributed by atoms with Crippen molar-refractivity contribution in [1.29, 1.82) is 5.26 Å². The molecule has 0 radical (unpaired) electrons. The number of carbonyl (C=O) groups excluding carboxylic acids is 1. The summed E-state index contributed by atoms with van der Waals surface area (Å²) in [6, 6.07) is 17.0. The number of aromatic nitrogens is 2. The zero-order valence-electron chi connectivity index (χ0n) is 17.3. The summed E-state index contributed by atoms with van der Waals surface area (Å²) >= 11 is 0. The number of nitriles is 1. The number of benzene rings is 2. The van der Waals surface area contributed by atoms with E-state index in [4.69, 9.17) is 14.7 Å². The van der Waals surface area contributed by atoms with Gasteiger partial charge in [0, 0.05) is 23.9 Å². The largest absolute Gasteiger partial charge is 0.493 e. The summed E-state index contributed by atoms with van der Waals surface area (Å²) in [6.07, 6.45) is 0. The Balaban J connectivity index is 1.58. The van der Waals surface area contributed by atoms with Crippen molar-refractivity contribution in [2.45, 2.75) is 26.9 Å². The number of carbonyl (C=O) groups is 1. The van der Waals surface area contributed by atoms with Gasteiger partial charge in [0.2, 0.25) is 0 Å². The number of aryl methyl sites for hydroxylation is 1. The molecule has 7 heteroatoms. The molecule has 3 rings (SSSR count). The second kappa shape index (κ2) is 9.61. The van der Waals surface area contributed by atoms with Crippen molar-refractivity contribution in [2.75, 3.05) is 13.7 Å². The number of amides is 1. The first-order chi connectivity index (χ1) is 14.5. The molecule has 0 spiro atoms. The van der Waals surface area contributed by atoms with E-state index in [1.165, 1.54) is 12.7 Å². The SMILES string of the molecule is COc1cc(C#N)ccc1OCC(=O)NCc1c(C)nn(Cc2ccccc2)c1C. The van der Waals surface area contributed by atoms with Crippen molar-refractivity contribution in [1.82, 2.24) is 15.1 Å². The van der Waals surface area contributed by atoms with E-state index in [9.17, 15) is 4.79 Å². The lowest BCUT2D eigenvalue weighted by atomic mass is 10.2. The average molecular weight is 404 g/mol. The lowest BCUT2D eigenvalue weighted by Gasteiger charge is -2.11. The van der Waals surface area contributed by atoms with Crippen LogP contribution in [0.2, 0.25) is 0 Å². The van der Waals surface area contributed by atoms with Crippen molar-refractivity contribution in [3.63, 3.8) is 0 Å². The lowest BCUT2D eigenvalue weighted by molar-refractivity contribution is -0.123. The number of hydrogen-bond donors (Lipinski definition) is 1. The average Bonchev–Trinajstić information content (AvgIpc) is 3.03. The van der Waals surface area contributed by atoms with Crippen LogP contribution in [-0.4, -0.2) is 29.4 Å². The van der Waals surface area contributed by atoms with Crippen LogP contribution in [0.4, 0.5) is 0 Å². The molecule has 0 unspecified atom stereocenters. The number of nitrogens with one attached hydrogen (secondary N) is 1. The maximum Gasteiger partial charge on any atom is 0.258 e. The van der Waals surface area contributed by atoms with Gasteiger partial charge in [0.1, 0.15) is 0 Å². The third-order valence-electron chi connectivity index (χ3n) is 4.82. The topological polar surface area (TPSA) is 89.2 Å². The van der Waals surface area contributed by atoms with Crippen molar-refractivity contribution in [3.8, 4) is 17.6 Å². The highest BCUT2D eigenvalue weighted by Gasteiger charge is 2.14. The van der Waals surface area contributed by atoms with Gasteiger partial charge in [-0.25, -0.2) is 0 Å². The maximum absolute atomic E-state index is 12.3. The van der Waals surface area contributed by atoms with Crippen LogP contribution in [0.5, 0.6) is 11.5 Å². The van der Waals surface area contributed by atoms with E-state index in [2.05, 4.69) is 22.5 Å². The molecule has 1 aromatic heterocycles. The van der Waals surface area contributed by atoms with E-state index in [-0.39, 0.29) is 12.5 Å². The van der Waals surface area contributed by atoms with Gasteiger partial charge in [-0.3, -0.25) is 9.48 Å². The normalized spacial score (nSPS) is 10.3. The molecular weight excluding hydrogens is 380 g/mol. The van der Waals surface area contributed by atoms with Gasteiger partial charge in [0.25, 0.3) is 5.91 Å². The molecule has 0 bridgehead atoms. The van der Waals surface area contributed by atoms with Gasteiger partial charge < -0.3 is 14.8 Å². The Labute approximate surface area is 175 Å². The molecule has 0 aliphatic heterocycles. The Kier molecular flexibility index (Phi) is 6.71. The van der Waals surface area contributed by atoms with E-state index in [0.717, 1.165) is 17.0 Å². The number of nitrogens with zero attached hydrogens (tertiary/aromatic N) is 3. The van der Waals surface area contributed by atoms with Gasteiger partial charge in [-0.2, -0.15) is 10.4 Å². The molecule has 7 nitrogen and oxygen atoms in total. The fourth-order valence-electron chi connectivity index (χ4n) is 3.14. The van der Waals surface area contributed by atoms with Crippen molar-refractivity contribution in [2.24, 2.45) is 0 Å². The number of rotatable bonds is 8. The van der Waals surface area contributed by atoms with Crippen molar-refractivity contribution >= 4 is 5.91 Å². The summed E-state index contributed by atoms with van der Waals surface area (Å²) < 4.78 is 12.7. The number of hydrogen-bond acceptors (Lipinski definition) is 5.